The van der Waals surface area contributed by atoms with Gasteiger partial charge in [-0.15, -0.1) is 0 Å². The van der Waals surface area contributed by atoms with Crippen LogP contribution in [0.5, 0.6) is 0 Å². The van der Waals surface area contributed by atoms with Gasteiger partial charge in [0.2, 0.25) is 0 Å². The highest BCUT2D eigenvalue weighted by Gasteiger charge is 2.31. The van der Waals surface area contributed by atoms with Crippen LogP contribution >= 0.6 is 15.9 Å². The van der Waals surface area contributed by atoms with Gasteiger partial charge in [-0.2, -0.15) is 0 Å². The second-order valence-electron chi connectivity index (χ2n) is 5.06. The van der Waals surface area contributed by atoms with Crippen molar-refractivity contribution >= 4 is 27.5 Å². The van der Waals surface area contributed by atoms with Crippen molar-refractivity contribution in [3.63, 3.8) is 0 Å². The summed E-state index contributed by atoms with van der Waals surface area (Å²) in [5, 5.41) is 11.0. The first kappa shape index (κ1) is 15.0. The minimum atomic E-state index is -0.506. The van der Waals surface area contributed by atoms with Gasteiger partial charge in [0.1, 0.15) is 5.56 Å². The van der Waals surface area contributed by atoms with E-state index in [4.69, 9.17) is 0 Å². The number of rotatable bonds is 3. The largest absolute Gasteiger partial charge is 0.337 e. The molecule has 1 amide bonds. The molecule has 1 aliphatic carbocycles. The maximum absolute atomic E-state index is 12.5. The molecule has 5 nitrogen and oxygen atoms in total. The number of carbonyl (C=O) groups excluding carboxylic acids is 1. The molecule has 0 radical (unpaired) electrons. The molecule has 2 unspecified atom stereocenters. The molecule has 0 N–H and O–H groups in total. The molecule has 1 saturated carbocycles. The zero-order valence-corrected chi connectivity index (χ0v) is 12.9. The van der Waals surface area contributed by atoms with Crippen molar-refractivity contribution in [2.75, 3.05) is 7.05 Å². The Balaban J connectivity index is 2.24. The molecule has 2 rings (SSSR count). The number of carbonyl (C=O) groups is 1. The Morgan fingerprint density at radius 3 is 2.65 bits per heavy atom. The lowest BCUT2D eigenvalue weighted by atomic mass is 9.94. The summed E-state index contributed by atoms with van der Waals surface area (Å²) in [6.45, 7) is 0. The first-order chi connectivity index (χ1) is 9.52. The Hall–Kier alpha value is -1.43. The maximum Gasteiger partial charge on any atom is 0.282 e. The van der Waals surface area contributed by atoms with Crippen LogP contribution < -0.4 is 0 Å². The molecule has 0 heterocycles. The topological polar surface area (TPSA) is 63.5 Å². The van der Waals surface area contributed by atoms with Gasteiger partial charge in [-0.3, -0.25) is 14.9 Å². The molecule has 1 aromatic carbocycles. The lowest BCUT2D eigenvalue weighted by Crippen LogP contribution is -2.44. The SMILES string of the molecule is CN(C(=O)c1ccccc1[N+](=O)[O-])C1CCCCC1Br. The van der Waals surface area contributed by atoms with E-state index < -0.39 is 4.92 Å². The molecule has 6 heteroatoms. The van der Waals surface area contributed by atoms with Crippen LogP contribution in [0.1, 0.15) is 36.0 Å². The minimum absolute atomic E-state index is 0.0936. The Labute approximate surface area is 126 Å². The fourth-order valence-corrected chi connectivity index (χ4v) is 3.60. The summed E-state index contributed by atoms with van der Waals surface area (Å²) in [7, 11) is 1.73. The van der Waals surface area contributed by atoms with E-state index in [2.05, 4.69) is 15.9 Å². The van der Waals surface area contributed by atoms with E-state index in [9.17, 15) is 14.9 Å². The van der Waals surface area contributed by atoms with Crippen LogP contribution in [-0.4, -0.2) is 33.6 Å². The number of halogens is 1. The van der Waals surface area contributed by atoms with Crippen LogP contribution in [0.2, 0.25) is 0 Å². The van der Waals surface area contributed by atoms with Gasteiger partial charge >= 0.3 is 0 Å². The number of alkyl halides is 1. The van der Waals surface area contributed by atoms with Gasteiger partial charge in [-0.05, 0) is 18.9 Å². The summed E-state index contributed by atoms with van der Waals surface area (Å²) in [4.78, 5) is 24.9. The summed E-state index contributed by atoms with van der Waals surface area (Å²) in [5.41, 5.74) is 0.0246. The molecule has 0 aliphatic heterocycles. The lowest BCUT2D eigenvalue weighted by molar-refractivity contribution is -0.385. The molecule has 20 heavy (non-hydrogen) atoms. The van der Waals surface area contributed by atoms with E-state index in [0.29, 0.717) is 0 Å². The highest BCUT2D eigenvalue weighted by Crippen LogP contribution is 2.29. The number of para-hydroxylation sites is 1. The smallest absolute Gasteiger partial charge is 0.282 e. The summed E-state index contributed by atoms with van der Waals surface area (Å²) < 4.78 is 0. The first-order valence-electron chi connectivity index (χ1n) is 6.67. The van der Waals surface area contributed by atoms with Gasteiger partial charge in [0.25, 0.3) is 11.6 Å². The average molecular weight is 341 g/mol. The third-order valence-corrected chi connectivity index (χ3v) is 4.86. The van der Waals surface area contributed by atoms with Crippen molar-refractivity contribution in [2.24, 2.45) is 0 Å². The van der Waals surface area contributed by atoms with Gasteiger partial charge in [-0.1, -0.05) is 40.9 Å². The number of benzene rings is 1. The summed E-state index contributed by atoms with van der Waals surface area (Å²) >= 11 is 3.62. The molecule has 1 aromatic rings. The van der Waals surface area contributed by atoms with Crippen LogP contribution in [0, 0.1) is 10.1 Å². The van der Waals surface area contributed by atoms with Crippen LogP contribution in [0.15, 0.2) is 24.3 Å². The number of amides is 1. The lowest BCUT2D eigenvalue weighted by Gasteiger charge is -2.35. The number of hydrogen-bond donors (Lipinski definition) is 0. The number of nitrogens with zero attached hydrogens (tertiary/aromatic N) is 2. The Morgan fingerprint density at radius 1 is 1.35 bits per heavy atom. The van der Waals surface area contributed by atoms with Crippen molar-refractivity contribution < 1.29 is 9.72 Å². The highest BCUT2D eigenvalue weighted by molar-refractivity contribution is 9.09. The van der Waals surface area contributed by atoms with Gasteiger partial charge in [0, 0.05) is 24.0 Å². The Morgan fingerprint density at radius 2 is 2.00 bits per heavy atom. The number of nitro benzene ring substituents is 1. The zero-order chi connectivity index (χ0) is 14.7. The van der Waals surface area contributed by atoms with Gasteiger partial charge in [0.05, 0.1) is 4.92 Å². The number of hydrogen-bond acceptors (Lipinski definition) is 3. The van der Waals surface area contributed by atoms with E-state index in [1.165, 1.54) is 12.1 Å². The average Bonchev–Trinajstić information content (AvgIpc) is 2.46. The molecule has 108 valence electrons. The predicted molar refractivity (Wildman–Crippen MR) is 80.2 cm³/mol. The second-order valence-corrected chi connectivity index (χ2v) is 6.23. The Kier molecular flexibility index (Phi) is 4.75. The van der Waals surface area contributed by atoms with E-state index in [0.717, 1.165) is 25.7 Å². The molecular weight excluding hydrogens is 324 g/mol. The fourth-order valence-electron chi connectivity index (χ4n) is 2.66. The normalized spacial score (nSPS) is 22.3. The molecule has 0 saturated heterocycles. The molecule has 2 atom stereocenters. The summed E-state index contributed by atoms with van der Waals surface area (Å²) in [6, 6.07) is 6.20. The van der Waals surface area contributed by atoms with Gasteiger partial charge < -0.3 is 4.90 Å². The van der Waals surface area contributed by atoms with Crippen LogP contribution in [0.4, 0.5) is 5.69 Å². The monoisotopic (exact) mass is 340 g/mol. The van der Waals surface area contributed by atoms with E-state index >= 15 is 0 Å². The van der Waals surface area contributed by atoms with Crippen molar-refractivity contribution in [2.45, 2.75) is 36.6 Å². The molecule has 0 aromatic heterocycles. The van der Waals surface area contributed by atoms with Crippen molar-refractivity contribution in [3.8, 4) is 0 Å². The minimum Gasteiger partial charge on any atom is -0.337 e. The molecular formula is C14H17BrN2O3. The molecule has 1 aliphatic rings. The third kappa shape index (κ3) is 3.00. The van der Waals surface area contributed by atoms with Crippen molar-refractivity contribution in [1.29, 1.82) is 0 Å². The van der Waals surface area contributed by atoms with Gasteiger partial charge in [-0.25, -0.2) is 0 Å². The van der Waals surface area contributed by atoms with E-state index in [-0.39, 0.29) is 28.0 Å². The molecule has 1 fully saturated rings. The van der Waals surface area contributed by atoms with Crippen molar-refractivity contribution in [1.82, 2.24) is 4.90 Å². The van der Waals surface area contributed by atoms with Crippen LogP contribution in [0.25, 0.3) is 0 Å². The molecule has 0 bridgehead atoms. The Bertz CT molecular complexity index is 521. The summed E-state index contributed by atoms with van der Waals surface area (Å²) in [5.74, 6) is -0.284. The standard InChI is InChI=1S/C14H17BrN2O3/c1-16(13-9-5-3-7-11(13)15)14(18)10-6-2-4-8-12(10)17(19)20/h2,4,6,8,11,13H,3,5,7,9H2,1H3. The van der Waals surface area contributed by atoms with Crippen molar-refractivity contribution in [3.05, 3.63) is 39.9 Å². The highest BCUT2D eigenvalue weighted by atomic mass is 79.9. The quantitative estimate of drug-likeness (QED) is 0.481. The second kappa shape index (κ2) is 6.35. The fraction of sp³-hybridized carbons (Fsp3) is 0.500. The van der Waals surface area contributed by atoms with Crippen LogP contribution in [-0.2, 0) is 0 Å². The zero-order valence-electron chi connectivity index (χ0n) is 11.3. The summed E-state index contributed by atoms with van der Waals surface area (Å²) in [6.07, 6.45) is 4.19. The number of nitro groups is 1. The maximum atomic E-state index is 12.5. The first-order valence-corrected chi connectivity index (χ1v) is 7.58. The van der Waals surface area contributed by atoms with E-state index in [1.807, 2.05) is 0 Å². The molecule has 0 spiro atoms. The van der Waals surface area contributed by atoms with Gasteiger partial charge in [0.15, 0.2) is 0 Å². The van der Waals surface area contributed by atoms with Crippen LogP contribution in [0.3, 0.4) is 0 Å². The predicted octanol–water partition coefficient (Wildman–Crippen LogP) is 3.37. The van der Waals surface area contributed by atoms with E-state index in [1.54, 1.807) is 24.1 Å². The third-order valence-electron chi connectivity index (χ3n) is 3.80.